The first-order valence-electron chi connectivity index (χ1n) is 10.4. The number of halogens is 1. The molecule has 1 N–H and O–H groups in total. The summed E-state index contributed by atoms with van der Waals surface area (Å²) in [5, 5.41) is 11.7. The Labute approximate surface area is 197 Å². The number of aliphatic hydroxyl groups is 1. The molecule has 7 heteroatoms. The Morgan fingerprint density at radius 2 is 1.85 bits per heavy atom. The van der Waals surface area contributed by atoms with Crippen molar-refractivity contribution in [3.63, 3.8) is 0 Å². The molecule has 2 aromatic carbocycles. The van der Waals surface area contributed by atoms with Gasteiger partial charge >= 0.3 is 0 Å². The molecule has 1 fully saturated rings. The van der Waals surface area contributed by atoms with E-state index in [1.165, 1.54) is 12.0 Å². The third-order valence-corrected chi connectivity index (χ3v) is 6.18. The number of carbonyl (C=O) groups excluding carboxylic acids is 2. The number of amides is 1. The van der Waals surface area contributed by atoms with Crippen LogP contribution in [0.4, 0.5) is 5.69 Å². The highest BCUT2D eigenvalue weighted by molar-refractivity contribution is 6.51. The molecule has 0 saturated carbocycles. The number of aryl methyl sites for hydroxylation is 2. The van der Waals surface area contributed by atoms with Crippen LogP contribution >= 0.6 is 11.6 Å². The summed E-state index contributed by atoms with van der Waals surface area (Å²) >= 11 is 6.33. The lowest BCUT2D eigenvalue weighted by molar-refractivity contribution is -0.132. The molecule has 1 unspecified atom stereocenters. The van der Waals surface area contributed by atoms with E-state index in [4.69, 9.17) is 16.3 Å². The molecule has 3 aromatic rings. The summed E-state index contributed by atoms with van der Waals surface area (Å²) in [7, 11) is 1.43. The number of pyridine rings is 1. The van der Waals surface area contributed by atoms with E-state index in [1.54, 1.807) is 42.6 Å². The van der Waals surface area contributed by atoms with Crippen LogP contribution in [0, 0.1) is 20.8 Å². The van der Waals surface area contributed by atoms with Gasteiger partial charge in [0.1, 0.15) is 17.6 Å². The van der Waals surface area contributed by atoms with Crippen LogP contribution in [0.2, 0.25) is 5.02 Å². The second-order valence-electron chi connectivity index (χ2n) is 7.97. The summed E-state index contributed by atoms with van der Waals surface area (Å²) in [5.41, 5.74) is 3.80. The van der Waals surface area contributed by atoms with Crippen molar-refractivity contribution in [2.75, 3.05) is 12.0 Å². The van der Waals surface area contributed by atoms with E-state index in [0.717, 1.165) is 16.7 Å². The Hall–Kier alpha value is -3.64. The van der Waals surface area contributed by atoms with Crippen molar-refractivity contribution in [1.82, 2.24) is 4.98 Å². The number of anilines is 1. The van der Waals surface area contributed by atoms with Crippen LogP contribution in [0.25, 0.3) is 5.76 Å². The molecular weight excluding hydrogens is 440 g/mol. The van der Waals surface area contributed by atoms with Gasteiger partial charge in [-0.25, -0.2) is 0 Å². The zero-order chi connectivity index (χ0) is 23.9. The van der Waals surface area contributed by atoms with E-state index >= 15 is 0 Å². The van der Waals surface area contributed by atoms with Gasteiger partial charge in [-0.1, -0.05) is 29.8 Å². The number of aliphatic hydroxyl groups excluding tert-OH is 1. The van der Waals surface area contributed by atoms with E-state index in [0.29, 0.717) is 11.4 Å². The average Bonchev–Trinajstić information content (AvgIpc) is 3.06. The molecule has 0 spiro atoms. The minimum absolute atomic E-state index is 0.0698. The Morgan fingerprint density at radius 3 is 2.52 bits per heavy atom. The van der Waals surface area contributed by atoms with Crippen molar-refractivity contribution >= 4 is 34.7 Å². The van der Waals surface area contributed by atoms with E-state index in [9.17, 15) is 14.7 Å². The van der Waals surface area contributed by atoms with Gasteiger partial charge in [-0.2, -0.15) is 0 Å². The number of carbonyl (C=O) groups is 2. The van der Waals surface area contributed by atoms with Crippen molar-refractivity contribution in [3.8, 4) is 5.75 Å². The van der Waals surface area contributed by atoms with Crippen LogP contribution in [-0.2, 0) is 9.59 Å². The van der Waals surface area contributed by atoms with Gasteiger partial charge in [0.25, 0.3) is 11.7 Å². The first kappa shape index (κ1) is 22.6. The van der Waals surface area contributed by atoms with Crippen LogP contribution in [-0.4, -0.2) is 28.9 Å². The van der Waals surface area contributed by atoms with Crippen molar-refractivity contribution in [1.29, 1.82) is 0 Å². The quantitative estimate of drug-likeness (QED) is 0.323. The molecule has 1 aliphatic rings. The topological polar surface area (TPSA) is 79.7 Å². The number of aromatic nitrogens is 1. The van der Waals surface area contributed by atoms with Gasteiger partial charge in [0.05, 0.1) is 29.0 Å². The molecule has 33 heavy (non-hydrogen) atoms. The van der Waals surface area contributed by atoms with Gasteiger partial charge in [0.15, 0.2) is 0 Å². The van der Waals surface area contributed by atoms with Crippen molar-refractivity contribution in [2.24, 2.45) is 0 Å². The van der Waals surface area contributed by atoms with Crippen LogP contribution < -0.4 is 9.64 Å². The summed E-state index contributed by atoms with van der Waals surface area (Å²) in [6, 6.07) is 13.2. The molecule has 1 aliphatic heterocycles. The molecule has 2 heterocycles. The number of hydrogen-bond donors (Lipinski definition) is 1. The molecule has 0 bridgehead atoms. The van der Waals surface area contributed by atoms with Crippen LogP contribution in [0.5, 0.6) is 5.75 Å². The SMILES string of the molecule is COc1c(Cl)cc(C)cc1/C(O)=C1\C(=O)C(=O)N(c2cccc(C)c2C)C1c1ccccn1. The van der Waals surface area contributed by atoms with Crippen LogP contribution in [0.3, 0.4) is 0 Å². The van der Waals surface area contributed by atoms with E-state index in [-0.39, 0.29) is 27.7 Å². The molecule has 168 valence electrons. The number of ether oxygens (including phenoxy) is 1. The standard InChI is InChI=1S/C26H23ClN2O4/c1-14-12-17(25(33-4)18(27)13-14)23(30)21-22(19-9-5-6-11-28-19)29(26(32)24(21)31)20-10-7-8-15(2)16(20)3/h5-13,22,30H,1-4H3/b23-21+. The predicted molar refractivity (Wildman–Crippen MR) is 128 cm³/mol. The fraction of sp³-hybridized carbons (Fsp3) is 0.192. The van der Waals surface area contributed by atoms with Gasteiger partial charge in [-0.3, -0.25) is 19.5 Å². The van der Waals surface area contributed by atoms with Gasteiger partial charge in [0.2, 0.25) is 0 Å². The molecule has 0 aliphatic carbocycles. The minimum atomic E-state index is -0.921. The Morgan fingerprint density at radius 1 is 1.09 bits per heavy atom. The largest absolute Gasteiger partial charge is 0.507 e. The fourth-order valence-corrected chi connectivity index (χ4v) is 4.50. The summed E-state index contributed by atoms with van der Waals surface area (Å²) < 4.78 is 5.41. The molecule has 1 saturated heterocycles. The molecule has 4 rings (SSSR count). The number of nitrogens with zero attached hydrogens (tertiary/aromatic N) is 2. The van der Waals surface area contributed by atoms with Crippen molar-refractivity contribution in [3.05, 3.63) is 93.3 Å². The monoisotopic (exact) mass is 462 g/mol. The highest BCUT2D eigenvalue weighted by Crippen LogP contribution is 2.44. The fourth-order valence-electron chi connectivity index (χ4n) is 4.15. The Kier molecular flexibility index (Phi) is 5.95. The molecular formula is C26H23ClN2O4. The summed E-state index contributed by atoms with van der Waals surface area (Å²) in [6.07, 6.45) is 1.59. The lowest BCUT2D eigenvalue weighted by Gasteiger charge is -2.26. The maximum Gasteiger partial charge on any atom is 0.300 e. The van der Waals surface area contributed by atoms with Crippen LogP contribution in [0.15, 0.2) is 60.3 Å². The zero-order valence-electron chi connectivity index (χ0n) is 18.7. The second-order valence-corrected chi connectivity index (χ2v) is 8.38. The van der Waals surface area contributed by atoms with E-state index in [1.807, 2.05) is 32.9 Å². The van der Waals surface area contributed by atoms with E-state index < -0.39 is 17.7 Å². The van der Waals surface area contributed by atoms with Crippen molar-refractivity contribution < 1.29 is 19.4 Å². The lowest BCUT2D eigenvalue weighted by atomic mass is 9.96. The summed E-state index contributed by atoms with van der Waals surface area (Å²) in [5.74, 6) is -1.68. The molecule has 1 aromatic heterocycles. The van der Waals surface area contributed by atoms with Crippen LogP contribution in [0.1, 0.15) is 34.0 Å². The number of rotatable bonds is 4. The highest BCUT2D eigenvalue weighted by atomic mass is 35.5. The zero-order valence-corrected chi connectivity index (χ0v) is 19.5. The maximum absolute atomic E-state index is 13.3. The molecule has 0 radical (unpaired) electrons. The molecule has 1 amide bonds. The third kappa shape index (κ3) is 3.76. The molecule has 1 atom stereocenters. The number of Topliss-reactive ketones (excluding diaryl/α,β-unsaturated/α-hetero) is 1. The minimum Gasteiger partial charge on any atom is -0.507 e. The third-order valence-electron chi connectivity index (χ3n) is 5.90. The maximum atomic E-state index is 13.3. The smallest absolute Gasteiger partial charge is 0.300 e. The predicted octanol–water partition coefficient (Wildman–Crippen LogP) is 5.30. The second kappa shape index (κ2) is 8.71. The van der Waals surface area contributed by atoms with Gasteiger partial charge < -0.3 is 9.84 Å². The number of hydrogen-bond acceptors (Lipinski definition) is 5. The van der Waals surface area contributed by atoms with Gasteiger partial charge in [-0.15, -0.1) is 0 Å². The Bertz CT molecular complexity index is 1300. The normalized spacial score (nSPS) is 17.5. The number of ketones is 1. The molecule has 6 nitrogen and oxygen atoms in total. The Balaban J connectivity index is 2.03. The highest BCUT2D eigenvalue weighted by Gasteiger charge is 2.48. The van der Waals surface area contributed by atoms with Gasteiger partial charge in [-0.05, 0) is 67.8 Å². The lowest BCUT2D eigenvalue weighted by Crippen LogP contribution is -2.30. The number of benzene rings is 2. The van der Waals surface area contributed by atoms with Gasteiger partial charge in [0, 0.05) is 11.9 Å². The van der Waals surface area contributed by atoms with E-state index in [2.05, 4.69) is 4.98 Å². The summed E-state index contributed by atoms with van der Waals surface area (Å²) in [6.45, 7) is 5.64. The van der Waals surface area contributed by atoms with Crippen molar-refractivity contribution in [2.45, 2.75) is 26.8 Å². The first-order chi connectivity index (χ1) is 15.8. The summed E-state index contributed by atoms with van der Waals surface area (Å²) in [4.78, 5) is 32.5. The average molecular weight is 463 g/mol. The first-order valence-corrected chi connectivity index (χ1v) is 10.8. The number of methoxy groups -OCH3 is 1.